The molecule has 0 radical (unpaired) electrons. The Bertz CT molecular complexity index is 740. The van der Waals surface area contributed by atoms with Crippen LogP contribution >= 0.6 is 24.0 Å². The minimum Gasteiger partial charge on any atom is -0.497 e. The molecule has 1 heterocycles. The number of aliphatic imine (C=N–C) groups is 1. The molecular weight excluding hydrogens is 479 g/mol. The highest BCUT2D eigenvalue weighted by Gasteiger charge is 2.23. The first-order valence-corrected chi connectivity index (χ1v) is 9.82. The summed E-state index contributed by atoms with van der Waals surface area (Å²) < 4.78 is 10.9. The Morgan fingerprint density at radius 3 is 2.52 bits per heavy atom. The Labute approximate surface area is 190 Å². The molecule has 7 heteroatoms. The molecule has 2 N–H and O–H groups in total. The number of para-hydroxylation sites is 1. The van der Waals surface area contributed by atoms with Gasteiger partial charge in [0.05, 0.1) is 13.7 Å². The van der Waals surface area contributed by atoms with Gasteiger partial charge in [-0.2, -0.15) is 0 Å². The predicted octanol–water partition coefficient (Wildman–Crippen LogP) is 3.53. The number of nitrogens with zero attached hydrogens (tertiary/aromatic N) is 2. The van der Waals surface area contributed by atoms with E-state index >= 15 is 0 Å². The van der Waals surface area contributed by atoms with Gasteiger partial charge in [0.25, 0.3) is 0 Å². The lowest BCUT2D eigenvalue weighted by molar-refractivity contribution is 0.310. The standard InChI is InChI=1S/C22H30N4O2.HI/c1-23-22(24-14-6-16-28-21-11-9-20(27-2)10-12-21)25-18-13-15-26(17-18)19-7-4-3-5-8-19;/h3-5,7-12,18H,6,13-17H2,1-2H3,(H2,23,24,25);1H. The average molecular weight is 510 g/mol. The SMILES string of the molecule is CN=C(NCCCOc1ccc(OC)cc1)NC1CCN(c2ccccc2)C1.I. The van der Waals surface area contributed by atoms with Gasteiger partial charge < -0.3 is 25.0 Å². The first-order valence-electron chi connectivity index (χ1n) is 9.82. The maximum absolute atomic E-state index is 5.75. The van der Waals surface area contributed by atoms with E-state index in [1.165, 1.54) is 5.69 Å². The first kappa shape index (κ1) is 23.1. The molecule has 0 amide bonds. The van der Waals surface area contributed by atoms with Crippen LogP contribution in [0.5, 0.6) is 11.5 Å². The molecule has 0 saturated carbocycles. The number of rotatable bonds is 8. The Morgan fingerprint density at radius 1 is 1.10 bits per heavy atom. The zero-order valence-electron chi connectivity index (χ0n) is 17.1. The van der Waals surface area contributed by atoms with Crippen molar-refractivity contribution in [2.75, 3.05) is 45.3 Å². The van der Waals surface area contributed by atoms with E-state index in [1.54, 1.807) is 7.11 Å². The summed E-state index contributed by atoms with van der Waals surface area (Å²) in [5, 5.41) is 6.90. The van der Waals surface area contributed by atoms with Crippen molar-refractivity contribution in [1.82, 2.24) is 10.6 Å². The Balaban J connectivity index is 0.00000300. The number of halogens is 1. The van der Waals surface area contributed by atoms with Crippen molar-refractivity contribution in [2.45, 2.75) is 18.9 Å². The summed E-state index contributed by atoms with van der Waals surface area (Å²) in [4.78, 5) is 6.76. The van der Waals surface area contributed by atoms with Crippen LogP contribution in [0.15, 0.2) is 59.6 Å². The molecule has 29 heavy (non-hydrogen) atoms. The van der Waals surface area contributed by atoms with Crippen molar-refractivity contribution in [3.05, 3.63) is 54.6 Å². The number of nitrogens with one attached hydrogen (secondary N) is 2. The second kappa shape index (κ2) is 12.4. The van der Waals surface area contributed by atoms with Gasteiger partial charge in [0.2, 0.25) is 0 Å². The van der Waals surface area contributed by atoms with Gasteiger partial charge in [0.15, 0.2) is 5.96 Å². The van der Waals surface area contributed by atoms with Gasteiger partial charge in [-0.05, 0) is 49.2 Å². The van der Waals surface area contributed by atoms with E-state index in [0.717, 1.165) is 49.9 Å². The van der Waals surface area contributed by atoms with Crippen LogP contribution in [-0.2, 0) is 0 Å². The minimum atomic E-state index is 0. The topological polar surface area (TPSA) is 58.1 Å². The molecule has 0 bridgehead atoms. The fourth-order valence-corrected chi connectivity index (χ4v) is 3.28. The maximum atomic E-state index is 5.75. The number of methoxy groups -OCH3 is 1. The van der Waals surface area contributed by atoms with Crippen LogP contribution in [0.1, 0.15) is 12.8 Å². The lowest BCUT2D eigenvalue weighted by Gasteiger charge is -2.20. The molecule has 3 rings (SSSR count). The van der Waals surface area contributed by atoms with Crippen LogP contribution in [0.2, 0.25) is 0 Å². The van der Waals surface area contributed by atoms with E-state index in [1.807, 2.05) is 31.3 Å². The van der Waals surface area contributed by atoms with E-state index in [2.05, 4.69) is 50.9 Å². The first-order chi connectivity index (χ1) is 13.8. The molecule has 2 aromatic carbocycles. The van der Waals surface area contributed by atoms with Crippen molar-refractivity contribution < 1.29 is 9.47 Å². The van der Waals surface area contributed by atoms with Crippen LogP contribution in [0.25, 0.3) is 0 Å². The summed E-state index contributed by atoms with van der Waals surface area (Å²) in [5.41, 5.74) is 1.28. The van der Waals surface area contributed by atoms with Gasteiger partial charge >= 0.3 is 0 Å². The van der Waals surface area contributed by atoms with E-state index in [9.17, 15) is 0 Å². The number of guanidine groups is 1. The van der Waals surface area contributed by atoms with Crippen molar-refractivity contribution in [2.24, 2.45) is 4.99 Å². The van der Waals surface area contributed by atoms with Crippen molar-refractivity contribution in [3.63, 3.8) is 0 Å². The summed E-state index contributed by atoms with van der Waals surface area (Å²) in [6, 6.07) is 18.6. The molecule has 158 valence electrons. The molecule has 0 spiro atoms. The van der Waals surface area contributed by atoms with E-state index < -0.39 is 0 Å². The van der Waals surface area contributed by atoms with E-state index in [-0.39, 0.29) is 24.0 Å². The number of anilines is 1. The number of ether oxygens (including phenoxy) is 2. The average Bonchev–Trinajstić information content (AvgIpc) is 3.22. The summed E-state index contributed by atoms with van der Waals surface area (Å²) in [7, 11) is 3.47. The van der Waals surface area contributed by atoms with Gasteiger partial charge in [-0.25, -0.2) is 0 Å². The highest BCUT2D eigenvalue weighted by Crippen LogP contribution is 2.19. The fraction of sp³-hybridized carbons (Fsp3) is 0.409. The summed E-state index contributed by atoms with van der Waals surface area (Å²) in [5.74, 6) is 2.54. The molecule has 1 unspecified atom stereocenters. The zero-order chi connectivity index (χ0) is 19.6. The van der Waals surface area contributed by atoms with Gasteiger partial charge in [-0.15, -0.1) is 24.0 Å². The molecule has 1 aliphatic rings. The zero-order valence-corrected chi connectivity index (χ0v) is 19.5. The normalized spacial score (nSPS) is 16.1. The molecule has 1 fully saturated rings. The Hall–Kier alpha value is -2.16. The molecule has 0 aliphatic carbocycles. The predicted molar refractivity (Wildman–Crippen MR) is 130 cm³/mol. The van der Waals surface area contributed by atoms with Crippen LogP contribution in [0.3, 0.4) is 0 Å². The van der Waals surface area contributed by atoms with Crippen molar-refractivity contribution in [3.8, 4) is 11.5 Å². The molecule has 6 nitrogen and oxygen atoms in total. The second-order valence-corrected chi connectivity index (χ2v) is 6.79. The third kappa shape index (κ3) is 7.30. The van der Waals surface area contributed by atoms with Crippen molar-refractivity contribution in [1.29, 1.82) is 0 Å². The number of benzene rings is 2. The molecular formula is C22H31IN4O2. The van der Waals surface area contributed by atoms with Crippen LogP contribution in [-0.4, -0.2) is 52.4 Å². The maximum Gasteiger partial charge on any atom is 0.191 e. The molecule has 1 saturated heterocycles. The number of hydrogen-bond donors (Lipinski definition) is 2. The molecule has 0 aromatic heterocycles. The summed E-state index contributed by atoms with van der Waals surface area (Å²) in [6.45, 7) is 3.52. The van der Waals surface area contributed by atoms with E-state index in [0.29, 0.717) is 12.6 Å². The van der Waals surface area contributed by atoms with Gasteiger partial charge in [0, 0.05) is 38.4 Å². The Kier molecular flexibility index (Phi) is 9.90. The smallest absolute Gasteiger partial charge is 0.191 e. The minimum absolute atomic E-state index is 0. The third-order valence-corrected chi connectivity index (χ3v) is 4.82. The molecule has 1 aliphatic heterocycles. The lowest BCUT2D eigenvalue weighted by atomic mass is 10.3. The number of hydrogen-bond acceptors (Lipinski definition) is 4. The second-order valence-electron chi connectivity index (χ2n) is 6.79. The van der Waals surface area contributed by atoms with E-state index in [4.69, 9.17) is 9.47 Å². The Morgan fingerprint density at radius 2 is 1.83 bits per heavy atom. The van der Waals surface area contributed by atoms with Crippen LogP contribution in [0.4, 0.5) is 5.69 Å². The van der Waals surface area contributed by atoms with Gasteiger partial charge in [-0.1, -0.05) is 18.2 Å². The van der Waals surface area contributed by atoms with Gasteiger partial charge in [0.1, 0.15) is 11.5 Å². The third-order valence-electron chi connectivity index (χ3n) is 4.82. The highest BCUT2D eigenvalue weighted by molar-refractivity contribution is 14.0. The monoisotopic (exact) mass is 510 g/mol. The summed E-state index contributed by atoms with van der Waals surface area (Å²) in [6.07, 6.45) is 2.00. The molecule has 2 aromatic rings. The van der Waals surface area contributed by atoms with Gasteiger partial charge in [-0.3, -0.25) is 4.99 Å². The quantitative estimate of drug-likeness (QED) is 0.247. The van der Waals surface area contributed by atoms with Crippen LogP contribution < -0.4 is 25.0 Å². The lowest BCUT2D eigenvalue weighted by Crippen LogP contribution is -2.45. The largest absolute Gasteiger partial charge is 0.497 e. The highest BCUT2D eigenvalue weighted by atomic mass is 127. The molecule has 1 atom stereocenters. The summed E-state index contributed by atoms with van der Waals surface area (Å²) >= 11 is 0. The van der Waals surface area contributed by atoms with Crippen molar-refractivity contribution >= 4 is 35.6 Å². The van der Waals surface area contributed by atoms with Crippen LogP contribution in [0, 0.1) is 0 Å². The fourth-order valence-electron chi connectivity index (χ4n) is 3.28.